The highest BCUT2D eigenvalue weighted by molar-refractivity contribution is 5.39. The van der Waals surface area contributed by atoms with Crippen molar-refractivity contribution < 1.29 is 0 Å². The van der Waals surface area contributed by atoms with Crippen LogP contribution in [0.15, 0.2) is 60.7 Å². The molecule has 3 fully saturated rings. The summed E-state index contributed by atoms with van der Waals surface area (Å²) < 4.78 is 0. The molecule has 5 rings (SSSR count). The van der Waals surface area contributed by atoms with Crippen LogP contribution < -0.4 is 5.32 Å². The minimum absolute atomic E-state index is 0.197. The topological polar surface area (TPSA) is 15.3 Å². The quantitative estimate of drug-likeness (QED) is 0.762. The summed E-state index contributed by atoms with van der Waals surface area (Å²) in [4.78, 5) is 2.67. The number of nitrogens with zero attached hydrogens (tertiary/aromatic N) is 1. The summed E-state index contributed by atoms with van der Waals surface area (Å²) >= 11 is 0. The first-order chi connectivity index (χ1) is 14.3. The highest BCUT2D eigenvalue weighted by Gasteiger charge is 2.55. The molecule has 2 aromatic carbocycles. The van der Waals surface area contributed by atoms with Gasteiger partial charge in [-0.05, 0) is 81.6 Å². The van der Waals surface area contributed by atoms with Crippen molar-refractivity contribution in [2.75, 3.05) is 20.1 Å². The molecule has 2 heteroatoms. The van der Waals surface area contributed by atoms with E-state index in [1.165, 1.54) is 58.0 Å². The van der Waals surface area contributed by atoms with Gasteiger partial charge in [-0.1, -0.05) is 67.1 Å². The van der Waals surface area contributed by atoms with Gasteiger partial charge in [-0.3, -0.25) is 0 Å². The van der Waals surface area contributed by atoms with Gasteiger partial charge in [0.05, 0.1) is 0 Å². The number of nitrogens with one attached hydrogen (secondary N) is 1. The van der Waals surface area contributed by atoms with Crippen LogP contribution in [0.3, 0.4) is 0 Å². The lowest BCUT2D eigenvalue weighted by Gasteiger charge is -2.59. The van der Waals surface area contributed by atoms with Crippen LogP contribution in [0.5, 0.6) is 0 Å². The van der Waals surface area contributed by atoms with Gasteiger partial charge < -0.3 is 10.2 Å². The van der Waals surface area contributed by atoms with Crippen molar-refractivity contribution in [3.8, 4) is 0 Å². The number of hydrogen-bond donors (Lipinski definition) is 1. The Morgan fingerprint density at radius 1 is 0.862 bits per heavy atom. The second kappa shape index (κ2) is 8.24. The van der Waals surface area contributed by atoms with E-state index in [1.807, 2.05) is 0 Å². The molecular weight excluding hydrogens is 352 g/mol. The van der Waals surface area contributed by atoms with E-state index in [-0.39, 0.29) is 5.41 Å². The van der Waals surface area contributed by atoms with Gasteiger partial charge in [0.25, 0.3) is 0 Å². The van der Waals surface area contributed by atoms with E-state index < -0.39 is 0 Å². The maximum atomic E-state index is 4.02. The van der Waals surface area contributed by atoms with Crippen LogP contribution in [-0.4, -0.2) is 37.1 Å². The zero-order valence-corrected chi connectivity index (χ0v) is 17.9. The highest BCUT2D eigenvalue weighted by atomic mass is 15.1. The summed E-state index contributed by atoms with van der Waals surface area (Å²) in [6.45, 7) is 2.44. The lowest BCUT2D eigenvalue weighted by atomic mass is 9.50. The molecule has 3 aliphatic rings. The average molecular weight is 389 g/mol. The molecular formula is C27H36N2. The second-order valence-corrected chi connectivity index (χ2v) is 9.69. The molecule has 2 nitrogen and oxygen atoms in total. The van der Waals surface area contributed by atoms with Crippen molar-refractivity contribution in [2.24, 2.45) is 5.92 Å². The van der Waals surface area contributed by atoms with Gasteiger partial charge in [0, 0.05) is 17.5 Å². The Hall–Kier alpha value is -1.64. The van der Waals surface area contributed by atoms with Crippen LogP contribution >= 0.6 is 0 Å². The second-order valence-electron chi connectivity index (χ2n) is 9.69. The molecule has 0 radical (unpaired) electrons. The molecule has 2 aromatic rings. The maximum Gasteiger partial charge on any atom is 0.0179 e. The zero-order chi connectivity index (χ0) is 19.7. The van der Waals surface area contributed by atoms with E-state index in [0.29, 0.717) is 12.0 Å². The molecule has 2 heterocycles. The van der Waals surface area contributed by atoms with Gasteiger partial charge in [-0.15, -0.1) is 0 Å². The number of hydrogen-bond acceptors (Lipinski definition) is 2. The molecule has 0 bridgehead atoms. The maximum absolute atomic E-state index is 4.02. The molecule has 2 saturated heterocycles. The molecule has 5 atom stereocenters. The predicted molar refractivity (Wildman–Crippen MR) is 121 cm³/mol. The Labute approximate surface area is 176 Å². The van der Waals surface area contributed by atoms with Gasteiger partial charge in [0.2, 0.25) is 0 Å². The minimum Gasteiger partial charge on any atom is -0.313 e. The van der Waals surface area contributed by atoms with Gasteiger partial charge in [0.15, 0.2) is 0 Å². The van der Waals surface area contributed by atoms with E-state index in [2.05, 4.69) is 77.9 Å². The molecule has 0 amide bonds. The SMILES string of the molecule is CN1CCCC2C1CCC(c1ccccc1)(C1CCCCN1)C2c1ccccc1. The monoisotopic (exact) mass is 388 g/mol. The molecule has 5 unspecified atom stereocenters. The Balaban J connectivity index is 1.68. The largest absolute Gasteiger partial charge is 0.313 e. The normalized spacial score (nSPS) is 35.8. The summed E-state index contributed by atoms with van der Waals surface area (Å²) in [6, 6.07) is 24.4. The van der Waals surface area contributed by atoms with Crippen molar-refractivity contribution in [1.29, 1.82) is 0 Å². The first-order valence-electron chi connectivity index (χ1n) is 11.8. The standard InChI is InChI=1S/C27H36N2/c1-29-20-10-15-23-24(29)17-18-27(22-13-6-3-7-14-22,25-16-8-9-19-28-25)26(23)21-11-4-2-5-12-21/h2-7,11-14,23-26,28H,8-10,15-20H2,1H3. The van der Waals surface area contributed by atoms with E-state index in [1.54, 1.807) is 11.1 Å². The fraction of sp³-hybridized carbons (Fsp3) is 0.556. The summed E-state index contributed by atoms with van der Waals surface area (Å²) in [5.74, 6) is 1.33. The third-order valence-electron chi connectivity index (χ3n) is 8.35. The van der Waals surface area contributed by atoms with Crippen molar-refractivity contribution in [3.63, 3.8) is 0 Å². The van der Waals surface area contributed by atoms with E-state index in [9.17, 15) is 0 Å². The zero-order valence-electron chi connectivity index (χ0n) is 17.9. The average Bonchev–Trinajstić information content (AvgIpc) is 2.80. The lowest BCUT2D eigenvalue weighted by Crippen LogP contribution is -2.61. The number of benzene rings is 2. The summed E-state index contributed by atoms with van der Waals surface area (Å²) in [5, 5.41) is 4.02. The first kappa shape index (κ1) is 19.3. The Morgan fingerprint density at radius 2 is 1.62 bits per heavy atom. The summed E-state index contributed by atoms with van der Waals surface area (Å²) in [6.07, 6.45) is 9.33. The van der Waals surface area contributed by atoms with Crippen molar-refractivity contribution in [3.05, 3.63) is 71.8 Å². The van der Waals surface area contributed by atoms with Crippen LogP contribution in [0.1, 0.15) is 62.0 Å². The van der Waals surface area contributed by atoms with Crippen LogP contribution in [0.2, 0.25) is 0 Å². The van der Waals surface area contributed by atoms with Crippen molar-refractivity contribution in [1.82, 2.24) is 10.2 Å². The predicted octanol–water partition coefficient (Wildman–Crippen LogP) is 5.35. The number of fused-ring (bicyclic) bond motifs is 1. The van der Waals surface area contributed by atoms with Crippen molar-refractivity contribution in [2.45, 2.75) is 68.4 Å². The number of piperidine rings is 2. The minimum atomic E-state index is 0.197. The van der Waals surface area contributed by atoms with Crippen LogP contribution in [-0.2, 0) is 5.41 Å². The fourth-order valence-electron chi connectivity index (χ4n) is 7.17. The van der Waals surface area contributed by atoms with Gasteiger partial charge in [-0.2, -0.15) is 0 Å². The number of likely N-dealkylation sites (tertiary alicyclic amines) is 1. The Kier molecular flexibility index (Phi) is 5.49. The highest BCUT2D eigenvalue weighted by Crippen LogP contribution is 2.57. The molecule has 1 aliphatic carbocycles. The summed E-state index contributed by atoms with van der Waals surface area (Å²) in [5.41, 5.74) is 3.33. The molecule has 0 spiro atoms. The fourth-order valence-corrected chi connectivity index (χ4v) is 7.17. The van der Waals surface area contributed by atoms with Crippen LogP contribution in [0.25, 0.3) is 0 Å². The number of rotatable bonds is 3. The lowest BCUT2D eigenvalue weighted by molar-refractivity contribution is 0.00961. The van der Waals surface area contributed by atoms with E-state index >= 15 is 0 Å². The molecule has 0 aromatic heterocycles. The van der Waals surface area contributed by atoms with E-state index in [0.717, 1.165) is 12.0 Å². The third-order valence-corrected chi connectivity index (χ3v) is 8.35. The molecule has 154 valence electrons. The van der Waals surface area contributed by atoms with Crippen LogP contribution in [0, 0.1) is 5.92 Å². The van der Waals surface area contributed by atoms with E-state index in [4.69, 9.17) is 0 Å². The van der Waals surface area contributed by atoms with Gasteiger partial charge in [-0.25, -0.2) is 0 Å². The van der Waals surface area contributed by atoms with Crippen LogP contribution in [0.4, 0.5) is 0 Å². The van der Waals surface area contributed by atoms with Crippen molar-refractivity contribution >= 4 is 0 Å². The smallest absolute Gasteiger partial charge is 0.0179 e. The third kappa shape index (κ3) is 3.35. The molecule has 1 N–H and O–H groups in total. The molecule has 1 saturated carbocycles. The molecule has 2 aliphatic heterocycles. The van der Waals surface area contributed by atoms with Gasteiger partial charge >= 0.3 is 0 Å². The molecule has 29 heavy (non-hydrogen) atoms. The Morgan fingerprint density at radius 3 is 2.34 bits per heavy atom. The Bertz CT molecular complexity index is 783. The summed E-state index contributed by atoms with van der Waals surface area (Å²) in [7, 11) is 2.37. The van der Waals surface area contributed by atoms with Gasteiger partial charge in [0.1, 0.15) is 0 Å². The first-order valence-corrected chi connectivity index (χ1v) is 11.8.